The van der Waals surface area contributed by atoms with Gasteiger partial charge in [0.15, 0.2) is 5.22 Å². The fourth-order valence-electron chi connectivity index (χ4n) is 1.87. The van der Waals surface area contributed by atoms with Gasteiger partial charge in [0, 0.05) is 31.3 Å². The van der Waals surface area contributed by atoms with E-state index in [-0.39, 0.29) is 6.04 Å². The van der Waals surface area contributed by atoms with Crippen molar-refractivity contribution in [3.63, 3.8) is 0 Å². The SMILES string of the molecule is CCNC(Cc1ccn(C)n1)c1ccoc1Cl. The molecule has 0 saturated carbocycles. The van der Waals surface area contributed by atoms with Crippen LogP contribution in [0.15, 0.2) is 29.0 Å². The molecule has 92 valence electrons. The Kier molecular flexibility index (Phi) is 3.86. The minimum Gasteiger partial charge on any atom is -0.453 e. The van der Waals surface area contributed by atoms with E-state index in [9.17, 15) is 0 Å². The first-order valence-corrected chi connectivity index (χ1v) is 6.03. The Bertz CT molecular complexity index is 478. The second-order valence-corrected chi connectivity index (χ2v) is 4.29. The van der Waals surface area contributed by atoms with Gasteiger partial charge in [0.1, 0.15) is 0 Å². The van der Waals surface area contributed by atoms with Crippen LogP contribution in [0.1, 0.15) is 24.2 Å². The van der Waals surface area contributed by atoms with Crippen molar-refractivity contribution in [2.75, 3.05) is 6.54 Å². The molecule has 0 radical (unpaired) electrons. The lowest BCUT2D eigenvalue weighted by Crippen LogP contribution is -2.23. The topological polar surface area (TPSA) is 43.0 Å². The predicted molar refractivity (Wildman–Crippen MR) is 67.0 cm³/mol. The Morgan fingerprint density at radius 3 is 2.88 bits per heavy atom. The van der Waals surface area contributed by atoms with Crippen LogP contribution in [0.4, 0.5) is 0 Å². The van der Waals surface area contributed by atoms with Crippen molar-refractivity contribution in [1.29, 1.82) is 0 Å². The molecule has 0 aliphatic carbocycles. The zero-order valence-corrected chi connectivity index (χ0v) is 10.7. The van der Waals surface area contributed by atoms with Crippen molar-refractivity contribution in [3.8, 4) is 0 Å². The van der Waals surface area contributed by atoms with Gasteiger partial charge in [-0.1, -0.05) is 6.92 Å². The predicted octanol–water partition coefficient (Wildman–Crippen LogP) is 2.56. The number of likely N-dealkylation sites (N-methyl/N-ethyl adjacent to an activating group) is 1. The minimum atomic E-state index is 0.140. The molecule has 2 heterocycles. The van der Waals surface area contributed by atoms with Crippen LogP contribution in [0.2, 0.25) is 5.22 Å². The molecule has 1 atom stereocenters. The van der Waals surface area contributed by atoms with Gasteiger partial charge >= 0.3 is 0 Å². The third-order valence-electron chi connectivity index (χ3n) is 2.65. The molecule has 0 spiro atoms. The second kappa shape index (κ2) is 5.38. The van der Waals surface area contributed by atoms with Crippen LogP contribution < -0.4 is 5.32 Å². The molecule has 0 aliphatic heterocycles. The van der Waals surface area contributed by atoms with Gasteiger partial charge in [0.25, 0.3) is 0 Å². The molecule has 0 bridgehead atoms. The molecular weight excluding hydrogens is 238 g/mol. The highest BCUT2D eigenvalue weighted by atomic mass is 35.5. The van der Waals surface area contributed by atoms with Gasteiger partial charge in [0.05, 0.1) is 12.0 Å². The van der Waals surface area contributed by atoms with Crippen LogP contribution >= 0.6 is 11.6 Å². The van der Waals surface area contributed by atoms with Crippen molar-refractivity contribution >= 4 is 11.6 Å². The van der Waals surface area contributed by atoms with E-state index in [2.05, 4.69) is 17.3 Å². The lowest BCUT2D eigenvalue weighted by atomic mass is 10.1. The van der Waals surface area contributed by atoms with Crippen molar-refractivity contribution in [2.24, 2.45) is 7.05 Å². The fraction of sp³-hybridized carbons (Fsp3) is 0.417. The Morgan fingerprint density at radius 1 is 1.53 bits per heavy atom. The van der Waals surface area contributed by atoms with Crippen molar-refractivity contribution in [2.45, 2.75) is 19.4 Å². The van der Waals surface area contributed by atoms with Crippen LogP contribution in [0.25, 0.3) is 0 Å². The molecule has 0 aliphatic rings. The zero-order chi connectivity index (χ0) is 12.3. The second-order valence-electron chi connectivity index (χ2n) is 3.94. The number of hydrogen-bond donors (Lipinski definition) is 1. The lowest BCUT2D eigenvalue weighted by Gasteiger charge is -2.15. The summed E-state index contributed by atoms with van der Waals surface area (Å²) in [5, 5.41) is 8.22. The molecule has 17 heavy (non-hydrogen) atoms. The third kappa shape index (κ3) is 2.90. The maximum atomic E-state index is 6.01. The minimum absolute atomic E-state index is 0.140. The largest absolute Gasteiger partial charge is 0.453 e. The fourth-order valence-corrected chi connectivity index (χ4v) is 2.12. The van der Waals surface area contributed by atoms with Gasteiger partial charge in [-0.25, -0.2) is 0 Å². The zero-order valence-electron chi connectivity index (χ0n) is 9.98. The average Bonchev–Trinajstić information content (AvgIpc) is 2.87. The molecule has 4 nitrogen and oxygen atoms in total. The summed E-state index contributed by atoms with van der Waals surface area (Å²) in [5.74, 6) is 0. The Balaban J connectivity index is 2.15. The van der Waals surface area contributed by atoms with Crippen molar-refractivity contribution in [1.82, 2.24) is 15.1 Å². The normalized spacial score (nSPS) is 12.9. The molecule has 2 aromatic rings. The summed E-state index contributed by atoms with van der Waals surface area (Å²) in [6.07, 6.45) is 4.35. The molecule has 5 heteroatoms. The molecular formula is C12H16ClN3O. The summed E-state index contributed by atoms with van der Waals surface area (Å²) in [5.41, 5.74) is 2.02. The summed E-state index contributed by atoms with van der Waals surface area (Å²) in [7, 11) is 1.91. The van der Waals surface area contributed by atoms with E-state index in [0.717, 1.165) is 24.2 Å². The highest BCUT2D eigenvalue weighted by Crippen LogP contribution is 2.26. The van der Waals surface area contributed by atoms with E-state index in [1.54, 1.807) is 10.9 Å². The average molecular weight is 254 g/mol. The molecule has 0 fully saturated rings. The monoisotopic (exact) mass is 253 g/mol. The molecule has 0 amide bonds. The molecule has 0 aromatic carbocycles. The van der Waals surface area contributed by atoms with Gasteiger partial charge in [-0.3, -0.25) is 4.68 Å². The number of rotatable bonds is 5. The van der Waals surface area contributed by atoms with E-state index in [0.29, 0.717) is 5.22 Å². The van der Waals surface area contributed by atoms with Crippen LogP contribution in [-0.2, 0) is 13.5 Å². The summed E-state index contributed by atoms with van der Waals surface area (Å²) >= 11 is 6.01. The first kappa shape index (κ1) is 12.2. The van der Waals surface area contributed by atoms with Gasteiger partial charge < -0.3 is 9.73 Å². The van der Waals surface area contributed by atoms with E-state index >= 15 is 0 Å². The Hall–Kier alpha value is -1.26. The van der Waals surface area contributed by atoms with Crippen LogP contribution in [0, 0.1) is 0 Å². The standard InChI is InChI=1S/C12H16ClN3O/c1-3-14-11(10-5-7-17-12(10)13)8-9-4-6-16(2)15-9/h4-7,11,14H,3,8H2,1-2H3. The number of aromatic nitrogens is 2. The number of furan rings is 1. The molecule has 2 aromatic heterocycles. The smallest absolute Gasteiger partial charge is 0.197 e. The maximum absolute atomic E-state index is 6.01. The quantitative estimate of drug-likeness (QED) is 0.891. The van der Waals surface area contributed by atoms with Crippen LogP contribution in [0.5, 0.6) is 0 Å². The van der Waals surface area contributed by atoms with Gasteiger partial charge in [-0.05, 0) is 30.3 Å². The van der Waals surface area contributed by atoms with Gasteiger partial charge in [0.2, 0.25) is 0 Å². The third-order valence-corrected chi connectivity index (χ3v) is 2.96. The van der Waals surface area contributed by atoms with Crippen molar-refractivity contribution < 1.29 is 4.42 Å². The first-order valence-electron chi connectivity index (χ1n) is 5.65. The Labute approximate surface area is 106 Å². The number of aryl methyl sites for hydroxylation is 1. The highest BCUT2D eigenvalue weighted by Gasteiger charge is 2.17. The molecule has 2 rings (SSSR count). The van der Waals surface area contributed by atoms with Gasteiger partial charge in [-0.2, -0.15) is 5.10 Å². The summed E-state index contributed by atoms with van der Waals surface area (Å²) in [6, 6.07) is 4.05. The van der Waals surface area contributed by atoms with E-state index in [1.165, 1.54) is 0 Å². The van der Waals surface area contributed by atoms with Gasteiger partial charge in [-0.15, -0.1) is 0 Å². The van der Waals surface area contributed by atoms with Crippen molar-refractivity contribution in [3.05, 3.63) is 41.1 Å². The van der Waals surface area contributed by atoms with E-state index in [1.807, 2.05) is 25.4 Å². The Morgan fingerprint density at radius 2 is 2.35 bits per heavy atom. The van der Waals surface area contributed by atoms with Crippen LogP contribution in [0.3, 0.4) is 0 Å². The first-order chi connectivity index (χ1) is 8.20. The van der Waals surface area contributed by atoms with E-state index < -0.39 is 0 Å². The number of halogens is 1. The number of nitrogens with one attached hydrogen (secondary N) is 1. The number of hydrogen-bond acceptors (Lipinski definition) is 3. The summed E-state index contributed by atoms with van der Waals surface area (Å²) in [4.78, 5) is 0. The lowest BCUT2D eigenvalue weighted by molar-refractivity contribution is 0.520. The van der Waals surface area contributed by atoms with Crippen LogP contribution in [-0.4, -0.2) is 16.3 Å². The summed E-state index contributed by atoms with van der Waals surface area (Å²) < 4.78 is 6.94. The highest BCUT2D eigenvalue weighted by molar-refractivity contribution is 6.29. The molecule has 0 saturated heterocycles. The molecule has 1 unspecified atom stereocenters. The summed E-state index contributed by atoms with van der Waals surface area (Å²) in [6.45, 7) is 2.94. The maximum Gasteiger partial charge on any atom is 0.197 e. The number of nitrogens with zero attached hydrogens (tertiary/aromatic N) is 2. The molecule has 1 N–H and O–H groups in total. The van der Waals surface area contributed by atoms with E-state index in [4.69, 9.17) is 16.0 Å².